The van der Waals surface area contributed by atoms with E-state index in [1.165, 1.54) is 6.92 Å². The number of ketones is 1. The number of aromatic nitrogens is 2. The summed E-state index contributed by atoms with van der Waals surface area (Å²) in [4.78, 5) is 26.3. The highest BCUT2D eigenvalue weighted by Crippen LogP contribution is 2.15. The van der Waals surface area contributed by atoms with Gasteiger partial charge in [-0.15, -0.1) is 0 Å². The first kappa shape index (κ1) is 16.9. The third-order valence-corrected chi connectivity index (χ3v) is 3.52. The van der Waals surface area contributed by atoms with Gasteiger partial charge >= 0.3 is 0 Å². The van der Waals surface area contributed by atoms with Crippen LogP contribution in [0.1, 0.15) is 33.2 Å². The van der Waals surface area contributed by atoms with E-state index in [-0.39, 0.29) is 11.7 Å². The zero-order valence-corrected chi connectivity index (χ0v) is 13.7. The van der Waals surface area contributed by atoms with Gasteiger partial charge in [0.05, 0.1) is 18.4 Å². The van der Waals surface area contributed by atoms with Crippen molar-refractivity contribution in [2.24, 2.45) is 7.05 Å². The van der Waals surface area contributed by atoms with Crippen molar-refractivity contribution in [2.75, 3.05) is 20.3 Å². The number of ether oxygens (including phenoxy) is 1. The summed E-state index contributed by atoms with van der Waals surface area (Å²) in [6.45, 7) is 2.75. The van der Waals surface area contributed by atoms with Crippen molar-refractivity contribution < 1.29 is 14.3 Å². The van der Waals surface area contributed by atoms with Gasteiger partial charge in [-0.2, -0.15) is 5.10 Å². The average Bonchev–Trinajstić information content (AvgIpc) is 2.95. The van der Waals surface area contributed by atoms with E-state index in [4.69, 9.17) is 4.74 Å². The van der Waals surface area contributed by atoms with Crippen LogP contribution in [0.25, 0.3) is 0 Å². The number of carbonyl (C=O) groups is 2. The van der Waals surface area contributed by atoms with Crippen molar-refractivity contribution in [1.29, 1.82) is 0 Å². The van der Waals surface area contributed by atoms with Crippen LogP contribution in [-0.4, -0.2) is 46.6 Å². The Labute approximate surface area is 135 Å². The van der Waals surface area contributed by atoms with E-state index in [1.807, 2.05) is 13.2 Å². The van der Waals surface area contributed by atoms with Gasteiger partial charge in [-0.25, -0.2) is 0 Å². The molecule has 0 spiro atoms. The van der Waals surface area contributed by atoms with Gasteiger partial charge < -0.3 is 9.64 Å². The molecule has 6 heteroatoms. The summed E-state index contributed by atoms with van der Waals surface area (Å²) in [5.41, 5.74) is 1.78. The molecule has 23 heavy (non-hydrogen) atoms. The second-order valence-electron chi connectivity index (χ2n) is 5.34. The number of rotatable bonds is 7. The van der Waals surface area contributed by atoms with E-state index >= 15 is 0 Å². The van der Waals surface area contributed by atoms with Crippen LogP contribution in [0.3, 0.4) is 0 Å². The molecule has 0 atom stereocenters. The van der Waals surface area contributed by atoms with Crippen LogP contribution in [0.5, 0.6) is 0 Å². The molecule has 0 aliphatic rings. The summed E-state index contributed by atoms with van der Waals surface area (Å²) in [6.07, 6.45) is 3.59. The van der Waals surface area contributed by atoms with Crippen molar-refractivity contribution in [3.8, 4) is 0 Å². The molecular weight excluding hydrogens is 294 g/mol. The van der Waals surface area contributed by atoms with Crippen LogP contribution in [-0.2, 0) is 18.3 Å². The smallest absolute Gasteiger partial charge is 0.254 e. The van der Waals surface area contributed by atoms with Gasteiger partial charge in [0.15, 0.2) is 5.78 Å². The molecule has 1 aromatic heterocycles. The molecule has 1 aromatic carbocycles. The summed E-state index contributed by atoms with van der Waals surface area (Å²) < 4.78 is 6.79. The molecule has 0 aliphatic heterocycles. The standard InChI is InChI=1S/C17H21N3O3/c1-13(21)15-6-4-5-7-16(15)17(22)20(8-9-23-3)12-14-10-18-19(2)11-14/h4-7,10-11H,8-9,12H2,1-3H3. The minimum Gasteiger partial charge on any atom is -0.383 e. The number of amides is 1. The van der Waals surface area contributed by atoms with Gasteiger partial charge in [0.2, 0.25) is 0 Å². The molecule has 0 unspecified atom stereocenters. The highest BCUT2D eigenvalue weighted by Gasteiger charge is 2.20. The van der Waals surface area contributed by atoms with E-state index in [2.05, 4.69) is 5.10 Å². The Bertz CT molecular complexity index is 694. The van der Waals surface area contributed by atoms with Gasteiger partial charge in [0.25, 0.3) is 5.91 Å². The summed E-state index contributed by atoms with van der Waals surface area (Å²) in [5.74, 6) is -0.307. The fraction of sp³-hybridized carbons (Fsp3) is 0.353. The lowest BCUT2D eigenvalue weighted by atomic mass is 10.0. The minimum atomic E-state index is -0.184. The zero-order valence-electron chi connectivity index (χ0n) is 13.7. The summed E-state index contributed by atoms with van der Waals surface area (Å²) >= 11 is 0. The van der Waals surface area contributed by atoms with Crippen molar-refractivity contribution in [3.63, 3.8) is 0 Å². The van der Waals surface area contributed by atoms with Crippen molar-refractivity contribution in [1.82, 2.24) is 14.7 Å². The molecule has 0 saturated carbocycles. The average molecular weight is 315 g/mol. The van der Waals surface area contributed by atoms with Gasteiger partial charge in [-0.1, -0.05) is 18.2 Å². The van der Waals surface area contributed by atoms with E-state index in [0.717, 1.165) is 5.56 Å². The Balaban J connectivity index is 2.27. The largest absolute Gasteiger partial charge is 0.383 e. The lowest BCUT2D eigenvalue weighted by molar-refractivity contribution is 0.0677. The SMILES string of the molecule is COCCN(Cc1cnn(C)c1)C(=O)c1ccccc1C(C)=O. The highest BCUT2D eigenvalue weighted by molar-refractivity contribution is 6.07. The van der Waals surface area contributed by atoms with Crippen molar-refractivity contribution in [2.45, 2.75) is 13.5 Å². The molecule has 0 saturated heterocycles. The quantitative estimate of drug-likeness (QED) is 0.732. The molecule has 0 aliphatic carbocycles. The highest BCUT2D eigenvalue weighted by atomic mass is 16.5. The lowest BCUT2D eigenvalue weighted by Gasteiger charge is -2.22. The second kappa shape index (κ2) is 7.69. The van der Waals surface area contributed by atoms with Crippen molar-refractivity contribution >= 4 is 11.7 Å². The third-order valence-electron chi connectivity index (χ3n) is 3.52. The molecule has 0 bridgehead atoms. The molecule has 2 aromatic rings. The first-order chi connectivity index (χ1) is 11.0. The maximum atomic E-state index is 12.9. The summed E-state index contributed by atoms with van der Waals surface area (Å²) in [7, 11) is 3.42. The number of nitrogens with zero attached hydrogens (tertiary/aromatic N) is 3. The maximum absolute atomic E-state index is 12.9. The Kier molecular flexibility index (Phi) is 5.65. The van der Waals surface area contributed by atoms with Crippen LogP contribution in [0, 0.1) is 0 Å². The second-order valence-corrected chi connectivity index (χ2v) is 5.34. The third kappa shape index (κ3) is 4.26. The van der Waals surface area contributed by atoms with E-state index in [1.54, 1.807) is 47.2 Å². The molecule has 1 amide bonds. The predicted molar refractivity (Wildman–Crippen MR) is 86.3 cm³/mol. The Morgan fingerprint density at radius 3 is 2.52 bits per heavy atom. The van der Waals surface area contributed by atoms with E-state index < -0.39 is 0 Å². The van der Waals surface area contributed by atoms with Crippen LogP contribution < -0.4 is 0 Å². The number of Topliss-reactive ketones (excluding diaryl/α,β-unsaturated/α-hetero) is 1. The molecule has 6 nitrogen and oxygen atoms in total. The van der Waals surface area contributed by atoms with Gasteiger partial charge in [-0.3, -0.25) is 14.3 Å². The van der Waals surface area contributed by atoms with Crippen LogP contribution >= 0.6 is 0 Å². The molecule has 0 N–H and O–H groups in total. The van der Waals surface area contributed by atoms with E-state index in [0.29, 0.717) is 30.8 Å². The topological polar surface area (TPSA) is 64.4 Å². The first-order valence-corrected chi connectivity index (χ1v) is 7.38. The minimum absolute atomic E-state index is 0.123. The molecule has 1 heterocycles. The molecule has 0 radical (unpaired) electrons. The number of aryl methyl sites for hydroxylation is 1. The maximum Gasteiger partial charge on any atom is 0.254 e. The van der Waals surface area contributed by atoms with E-state index in [9.17, 15) is 9.59 Å². The van der Waals surface area contributed by atoms with Gasteiger partial charge in [-0.05, 0) is 13.0 Å². The normalized spacial score (nSPS) is 10.6. The zero-order chi connectivity index (χ0) is 16.8. The van der Waals surface area contributed by atoms with Gasteiger partial charge in [0, 0.05) is 44.6 Å². The molecule has 2 rings (SSSR count). The number of carbonyl (C=O) groups excluding carboxylic acids is 2. The molecule has 122 valence electrons. The number of methoxy groups -OCH3 is 1. The fourth-order valence-electron chi connectivity index (χ4n) is 2.37. The summed E-state index contributed by atoms with van der Waals surface area (Å²) in [5, 5.41) is 4.12. The first-order valence-electron chi connectivity index (χ1n) is 7.38. The van der Waals surface area contributed by atoms with Crippen molar-refractivity contribution in [3.05, 3.63) is 53.3 Å². The Hall–Kier alpha value is -2.47. The predicted octanol–water partition coefficient (Wildman–Crippen LogP) is 1.91. The monoisotopic (exact) mass is 315 g/mol. The Morgan fingerprint density at radius 1 is 1.26 bits per heavy atom. The van der Waals surface area contributed by atoms with Gasteiger partial charge in [0.1, 0.15) is 0 Å². The summed E-state index contributed by atoms with van der Waals surface area (Å²) in [6, 6.07) is 6.88. The van der Waals surface area contributed by atoms with Crippen LogP contribution in [0.4, 0.5) is 0 Å². The van der Waals surface area contributed by atoms with Crippen LogP contribution in [0.15, 0.2) is 36.7 Å². The fourth-order valence-corrected chi connectivity index (χ4v) is 2.37. The number of benzene rings is 1. The Morgan fingerprint density at radius 2 is 1.96 bits per heavy atom. The molecular formula is C17H21N3O3. The number of hydrogen-bond acceptors (Lipinski definition) is 4. The lowest BCUT2D eigenvalue weighted by Crippen LogP contribution is -2.34. The number of hydrogen-bond donors (Lipinski definition) is 0. The molecule has 0 fully saturated rings. The van der Waals surface area contributed by atoms with Crippen LogP contribution in [0.2, 0.25) is 0 Å².